The van der Waals surface area contributed by atoms with E-state index in [1.54, 1.807) is 0 Å². The number of hydrogen-bond acceptors (Lipinski definition) is 6. The van der Waals surface area contributed by atoms with Gasteiger partial charge in [-0.25, -0.2) is 9.78 Å². The average molecular weight is 299 g/mol. The third kappa shape index (κ3) is 2.78. The zero-order valence-corrected chi connectivity index (χ0v) is 11.5. The van der Waals surface area contributed by atoms with E-state index in [1.807, 2.05) is 0 Å². The third-order valence-corrected chi connectivity index (χ3v) is 3.67. The minimum atomic E-state index is -1.18. The molecule has 1 aliphatic rings. The highest BCUT2D eigenvalue weighted by Crippen LogP contribution is 2.15. The Bertz CT molecular complexity index is 544. The molecule has 20 heavy (non-hydrogen) atoms. The molecule has 1 unspecified atom stereocenters. The summed E-state index contributed by atoms with van der Waals surface area (Å²) in [5.41, 5.74) is 0.0307. The Balaban J connectivity index is 2.20. The lowest BCUT2D eigenvalue weighted by Gasteiger charge is -2.33. The van der Waals surface area contributed by atoms with Crippen molar-refractivity contribution in [2.24, 2.45) is 0 Å². The van der Waals surface area contributed by atoms with E-state index in [-0.39, 0.29) is 29.8 Å². The number of hydrogen-bond donors (Lipinski definition) is 2. The Kier molecular flexibility index (Phi) is 4.30. The number of likely N-dealkylation sites (N-methyl/N-ethyl adjacent to an activating group) is 1. The summed E-state index contributed by atoms with van der Waals surface area (Å²) >= 11 is 0.875. The number of ether oxygens (including phenoxy) is 1. The van der Waals surface area contributed by atoms with E-state index in [4.69, 9.17) is 9.84 Å². The van der Waals surface area contributed by atoms with E-state index < -0.39 is 17.9 Å². The third-order valence-electron chi connectivity index (χ3n) is 2.84. The van der Waals surface area contributed by atoms with Gasteiger partial charge in [0.15, 0.2) is 0 Å². The fourth-order valence-corrected chi connectivity index (χ4v) is 2.48. The normalized spacial score (nSPS) is 18.6. The van der Waals surface area contributed by atoms with Crippen LogP contribution in [0.15, 0.2) is 5.38 Å². The van der Waals surface area contributed by atoms with Crippen molar-refractivity contribution in [1.29, 1.82) is 0 Å². The second-order valence-electron chi connectivity index (χ2n) is 4.05. The number of rotatable bonds is 3. The monoisotopic (exact) mass is 299 g/mol. The van der Waals surface area contributed by atoms with Crippen molar-refractivity contribution < 1.29 is 24.2 Å². The SMILES string of the molecule is CNC(=O)C1COCCN1C(=O)c1csc(C(=O)O)n1. The van der Waals surface area contributed by atoms with Gasteiger partial charge in [0.05, 0.1) is 13.2 Å². The molecule has 0 aliphatic carbocycles. The Morgan fingerprint density at radius 1 is 1.55 bits per heavy atom. The molecule has 2 heterocycles. The van der Waals surface area contributed by atoms with E-state index in [1.165, 1.54) is 17.3 Å². The number of nitrogens with one attached hydrogen (secondary N) is 1. The number of aromatic carboxylic acids is 1. The van der Waals surface area contributed by atoms with Gasteiger partial charge in [0.25, 0.3) is 5.91 Å². The van der Waals surface area contributed by atoms with Crippen LogP contribution in [0.5, 0.6) is 0 Å². The molecule has 2 rings (SSSR count). The van der Waals surface area contributed by atoms with Crippen molar-refractivity contribution in [3.63, 3.8) is 0 Å². The van der Waals surface area contributed by atoms with E-state index in [9.17, 15) is 14.4 Å². The molecule has 1 aromatic heterocycles. The molecule has 2 amide bonds. The molecule has 0 saturated carbocycles. The number of morpholine rings is 1. The average Bonchev–Trinajstić information content (AvgIpc) is 2.95. The number of nitrogens with zero attached hydrogens (tertiary/aromatic N) is 2. The van der Waals surface area contributed by atoms with Gasteiger partial charge in [0.1, 0.15) is 11.7 Å². The first-order valence-electron chi connectivity index (χ1n) is 5.83. The first kappa shape index (κ1) is 14.4. The number of carbonyl (C=O) groups is 3. The summed E-state index contributed by atoms with van der Waals surface area (Å²) in [6.45, 7) is 0.702. The lowest BCUT2D eigenvalue weighted by Crippen LogP contribution is -2.55. The Morgan fingerprint density at radius 3 is 2.90 bits per heavy atom. The van der Waals surface area contributed by atoms with E-state index in [0.717, 1.165) is 11.3 Å². The molecule has 1 atom stereocenters. The maximum Gasteiger partial charge on any atom is 0.365 e. The minimum Gasteiger partial charge on any atom is -0.476 e. The van der Waals surface area contributed by atoms with Gasteiger partial charge < -0.3 is 20.1 Å². The number of aromatic nitrogens is 1. The number of carboxylic acid groups (broad SMARTS) is 1. The molecule has 108 valence electrons. The first-order valence-corrected chi connectivity index (χ1v) is 6.71. The van der Waals surface area contributed by atoms with Gasteiger partial charge in [-0.2, -0.15) is 0 Å². The number of carbonyl (C=O) groups excluding carboxylic acids is 2. The van der Waals surface area contributed by atoms with Crippen LogP contribution in [0.3, 0.4) is 0 Å². The second kappa shape index (κ2) is 5.97. The predicted octanol–water partition coefficient (Wildman–Crippen LogP) is -0.572. The quantitative estimate of drug-likeness (QED) is 0.773. The van der Waals surface area contributed by atoms with Crippen molar-refractivity contribution in [3.8, 4) is 0 Å². The van der Waals surface area contributed by atoms with Crippen molar-refractivity contribution in [2.45, 2.75) is 6.04 Å². The summed E-state index contributed by atoms with van der Waals surface area (Å²) in [5, 5.41) is 12.5. The van der Waals surface area contributed by atoms with Crippen molar-refractivity contribution in [2.75, 3.05) is 26.8 Å². The van der Waals surface area contributed by atoms with Crippen molar-refractivity contribution >= 4 is 29.1 Å². The number of amides is 2. The molecular formula is C11H13N3O5S. The highest BCUT2D eigenvalue weighted by Gasteiger charge is 2.34. The van der Waals surface area contributed by atoms with E-state index in [0.29, 0.717) is 6.61 Å². The summed E-state index contributed by atoms with van der Waals surface area (Å²) in [6, 6.07) is -0.726. The molecule has 9 heteroatoms. The van der Waals surface area contributed by atoms with Crippen LogP contribution in [0.4, 0.5) is 0 Å². The Morgan fingerprint density at radius 2 is 2.30 bits per heavy atom. The van der Waals surface area contributed by atoms with Crippen LogP contribution in [-0.2, 0) is 9.53 Å². The highest BCUT2D eigenvalue weighted by atomic mass is 32.1. The van der Waals surface area contributed by atoms with Gasteiger partial charge in [0, 0.05) is 19.0 Å². The fraction of sp³-hybridized carbons (Fsp3) is 0.455. The molecule has 0 bridgehead atoms. The molecule has 1 aliphatic heterocycles. The Hall–Kier alpha value is -2.00. The molecule has 2 N–H and O–H groups in total. The maximum atomic E-state index is 12.3. The van der Waals surface area contributed by atoms with Crippen LogP contribution in [0.25, 0.3) is 0 Å². The first-order chi connectivity index (χ1) is 9.54. The van der Waals surface area contributed by atoms with Crippen molar-refractivity contribution in [1.82, 2.24) is 15.2 Å². The van der Waals surface area contributed by atoms with E-state index >= 15 is 0 Å². The van der Waals surface area contributed by atoms with Gasteiger partial charge in [-0.1, -0.05) is 0 Å². The van der Waals surface area contributed by atoms with Gasteiger partial charge in [-0.15, -0.1) is 11.3 Å². The molecule has 1 fully saturated rings. The number of carboxylic acids is 1. The van der Waals surface area contributed by atoms with Crippen molar-refractivity contribution in [3.05, 3.63) is 16.1 Å². The smallest absolute Gasteiger partial charge is 0.365 e. The number of thiazole rings is 1. The molecule has 0 aromatic carbocycles. The molecular weight excluding hydrogens is 286 g/mol. The minimum absolute atomic E-state index is 0.0307. The summed E-state index contributed by atoms with van der Waals surface area (Å²) in [4.78, 5) is 39.9. The fourth-order valence-electron chi connectivity index (χ4n) is 1.85. The summed E-state index contributed by atoms with van der Waals surface area (Å²) in [5.74, 6) is -1.98. The molecule has 1 aromatic rings. The van der Waals surface area contributed by atoms with Gasteiger partial charge in [0.2, 0.25) is 10.9 Å². The second-order valence-corrected chi connectivity index (χ2v) is 4.90. The van der Waals surface area contributed by atoms with Gasteiger partial charge in [-0.05, 0) is 0 Å². The topological polar surface area (TPSA) is 109 Å². The lowest BCUT2D eigenvalue weighted by atomic mass is 10.2. The summed E-state index contributed by atoms with van der Waals surface area (Å²) in [6.07, 6.45) is 0. The summed E-state index contributed by atoms with van der Waals surface area (Å²) < 4.78 is 5.20. The zero-order chi connectivity index (χ0) is 14.7. The van der Waals surface area contributed by atoms with Crippen LogP contribution in [-0.4, -0.2) is 65.6 Å². The molecule has 1 saturated heterocycles. The van der Waals surface area contributed by atoms with Crippen LogP contribution in [0.1, 0.15) is 20.3 Å². The predicted molar refractivity (Wildman–Crippen MR) is 68.8 cm³/mol. The molecule has 0 spiro atoms. The lowest BCUT2D eigenvalue weighted by molar-refractivity contribution is -0.130. The summed E-state index contributed by atoms with van der Waals surface area (Å²) in [7, 11) is 1.48. The Labute approximate surface area is 118 Å². The van der Waals surface area contributed by atoms with Crippen LogP contribution >= 0.6 is 11.3 Å². The van der Waals surface area contributed by atoms with Gasteiger partial charge >= 0.3 is 5.97 Å². The highest BCUT2D eigenvalue weighted by molar-refractivity contribution is 7.11. The van der Waals surface area contributed by atoms with Gasteiger partial charge in [-0.3, -0.25) is 9.59 Å². The van der Waals surface area contributed by atoms with Crippen LogP contribution in [0.2, 0.25) is 0 Å². The van der Waals surface area contributed by atoms with E-state index in [2.05, 4.69) is 10.3 Å². The molecule has 0 radical (unpaired) electrons. The zero-order valence-electron chi connectivity index (χ0n) is 10.7. The van der Waals surface area contributed by atoms with Crippen LogP contribution < -0.4 is 5.32 Å². The molecule has 8 nitrogen and oxygen atoms in total. The maximum absolute atomic E-state index is 12.3. The standard InChI is InChI=1S/C11H13N3O5S/c1-12-8(15)7-4-19-3-2-14(7)10(16)6-5-20-9(13-6)11(17)18/h5,7H,2-4H2,1H3,(H,12,15)(H,17,18). The van der Waals surface area contributed by atoms with Crippen LogP contribution in [0, 0.1) is 0 Å². The largest absolute Gasteiger partial charge is 0.476 e.